The molecule has 1 aromatic heterocycles. The number of anilines is 1. The normalized spacial score (nSPS) is 15.8. The number of aromatic nitrogens is 1. The molecule has 2 heterocycles. The predicted molar refractivity (Wildman–Crippen MR) is 98.4 cm³/mol. The van der Waals surface area contributed by atoms with Gasteiger partial charge in [-0.2, -0.15) is 0 Å². The van der Waals surface area contributed by atoms with Crippen LogP contribution in [0.2, 0.25) is 5.02 Å². The van der Waals surface area contributed by atoms with Gasteiger partial charge in [0.25, 0.3) is 0 Å². The molecular formula is C19H25ClN3O+. The summed E-state index contributed by atoms with van der Waals surface area (Å²) in [5, 5.41) is 0.771. The Balaban J connectivity index is 1.59. The first kappa shape index (κ1) is 17.1. The summed E-state index contributed by atoms with van der Waals surface area (Å²) in [6.07, 6.45) is 0. The Morgan fingerprint density at radius 1 is 1.21 bits per heavy atom. The molecule has 0 bridgehead atoms. The Hall–Kier alpha value is -1.78. The molecular weight excluding hydrogens is 322 g/mol. The lowest BCUT2D eigenvalue weighted by atomic mass is 10.1. The fourth-order valence-electron chi connectivity index (χ4n) is 3.39. The van der Waals surface area contributed by atoms with Gasteiger partial charge in [0.2, 0.25) is 5.78 Å². The minimum atomic E-state index is 0.252. The van der Waals surface area contributed by atoms with E-state index in [4.69, 9.17) is 11.6 Å². The maximum Gasteiger partial charge on any atom is 0.218 e. The van der Waals surface area contributed by atoms with Crippen LogP contribution in [0.4, 0.5) is 5.69 Å². The van der Waals surface area contributed by atoms with Gasteiger partial charge in [0.15, 0.2) is 0 Å². The fraction of sp³-hybridized carbons (Fsp3) is 0.421. The Morgan fingerprint density at radius 2 is 1.92 bits per heavy atom. The van der Waals surface area contributed by atoms with Gasteiger partial charge in [0, 0.05) is 34.7 Å². The number of hydrogen-bond donors (Lipinski definition) is 1. The van der Waals surface area contributed by atoms with Crippen LogP contribution in [0.25, 0.3) is 0 Å². The third-order valence-electron chi connectivity index (χ3n) is 5.13. The van der Waals surface area contributed by atoms with Gasteiger partial charge < -0.3 is 14.4 Å². The van der Waals surface area contributed by atoms with Crippen molar-refractivity contribution in [2.75, 3.05) is 37.6 Å². The molecule has 4 nitrogen and oxygen atoms in total. The smallest absolute Gasteiger partial charge is 0.218 e. The van der Waals surface area contributed by atoms with Gasteiger partial charge in [-0.25, -0.2) is 0 Å². The van der Waals surface area contributed by atoms with E-state index in [0.29, 0.717) is 6.54 Å². The van der Waals surface area contributed by atoms with Gasteiger partial charge in [0.05, 0.1) is 26.2 Å². The molecule has 1 aliphatic heterocycles. The topological polar surface area (TPSA) is 29.7 Å². The lowest BCUT2D eigenvalue weighted by molar-refractivity contribution is -0.892. The molecule has 0 aliphatic carbocycles. The van der Waals surface area contributed by atoms with Crippen molar-refractivity contribution in [3.8, 4) is 0 Å². The number of nitrogens with zero attached hydrogens (tertiary/aromatic N) is 2. The van der Waals surface area contributed by atoms with Crippen molar-refractivity contribution in [3.63, 3.8) is 0 Å². The minimum absolute atomic E-state index is 0.252. The number of quaternary nitrogens is 1. The molecule has 0 spiro atoms. The monoisotopic (exact) mass is 346 g/mol. The summed E-state index contributed by atoms with van der Waals surface area (Å²) in [5.74, 6) is 0.252. The van der Waals surface area contributed by atoms with E-state index in [2.05, 4.69) is 15.5 Å². The third-order valence-corrected chi connectivity index (χ3v) is 5.37. The standard InChI is InChI=1S/C19H24ClN3O/c1-14-11-18(15(2)21(14)3)19(24)13-22-7-9-23(10-8-22)17-6-4-5-16(20)12-17/h4-6,11-12H,7-10,13H2,1-3H3/p+1. The van der Waals surface area contributed by atoms with Crippen molar-refractivity contribution in [1.82, 2.24) is 4.57 Å². The zero-order valence-corrected chi connectivity index (χ0v) is 15.4. The van der Waals surface area contributed by atoms with Crippen LogP contribution in [0.15, 0.2) is 30.3 Å². The zero-order chi connectivity index (χ0) is 17.3. The summed E-state index contributed by atoms with van der Waals surface area (Å²) in [5.41, 5.74) is 4.24. The van der Waals surface area contributed by atoms with Crippen LogP contribution in [0.3, 0.4) is 0 Å². The number of benzene rings is 1. The lowest BCUT2D eigenvalue weighted by Crippen LogP contribution is -3.15. The first-order chi connectivity index (χ1) is 11.5. The molecule has 1 N–H and O–H groups in total. The van der Waals surface area contributed by atoms with Crippen molar-refractivity contribution in [3.05, 3.63) is 52.3 Å². The molecule has 0 amide bonds. The highest BCUT2D eigenvalue weighted by Gasteiger charge is 2.24. The molecule has 128 valence electrons. The maximum absolute atomic E-state index is 12.6. The molecule has 2 aromatic rings. The number of ketones is 1. The molecule has 3 rings (SSSR count). The SMILES string of the molecule is Cc1cc(C(=O)C[NH+]2CCN(c3cccc(Cl)c3)CC2)c(C)n1C. The number of piperazine rings is 1. The van der Waals surface area contributed by atoms with Crippen LogP contribution in [-0.2, 0) is 7.05 Å². The second kappa shape index (κ2) is 6.99. The van der Waals surface area contributed by atoms with Crippen LogP contribution >= 0.6 is 11.6 Å². The average Bonchev–Trinajstić information content (AvgIpc) is 2.83. The van der Waals surface area contributed by atoms with E-state index >= 15 is 0 Å². The third kappa shape index (κ3) is 3.50. The average molecular weight is 347 g/mol. The van der Waals surface area contributed by atoms with Gasteiger partial charge in [-0.05, 0) is 38.1 Å². The Bertz CT molecular complexity index is 745. The number of carbonyl (C=O) groups is 1. The number of carbonyl (C=O) groups excluding carboxylic acids is 1. The molecule has 1 aromatic carbocycles. The number of rotatable bonds is 4. The maximum atomic E-state index is 12.6. The van der Waals surface area contributed by atoms with E-state index < -0.39 is 0 Å². The van der Waals surface area contributed by atoms with Crippen molar-refractivity contribution in [1.29, 1.82) is 0 Å². The van der Waals surface area contributed by atoms with E-state index in [0.717, 1.165) is 48.2 Å². The Labute approximate surface area is 148 Å². The summed E-state index contributed by atoms with van der Waals surface area (Å²) in [4.78, 5) is 16.3. The fourth-order valence-corrected chi connectivity index (χ4v) is 3.58. The van der Waals surface area contributed by atoms with E-state index in [1.807, 2.05) is 45.2 Å². The highest BCUT2D eigenvalue weighted by atomic mass is 35.5. The van der Waals surface area contributed by atoms with E-state index in [1.165, 1.54) is 10.6 Å². The second-order valence-electron chi connectivity index (χ2n) is 6.66. The van der Waals surface area contributed by atoms with Crippen LogP contribution in [-0.4, -0.2) is 43.1 Å². The van der Waals surface area contributed by atoms with Crippen molar-refractivity contribution >= 4 is 23.1 Å². The zero-order valence-electron chi connectivity index (χ0n) is 14.6. The van der Waals surface area contributed by atoms with Crippen molar-refractivity contribution < 1.29 is 9.69 Å². The van der Waals surface area contributed by atoms with E-state index in [-0.39, 0.29) is 5.78 Å². The quantitative estimate of drug-likeness (QED) is 0.857. The predicted octanol–water partition coefficient (Wildman–Crippen LogP) is 1.88. The number of Topliss-reactive ketones (excluding diaryl/α,β-unsaturated/α-hetero) is 1. The van der Waals surface area contributed by atoms with Crippen molar-refractivity contribution in [2.24, 2.45) is 7.05 Å². The molecule has 0 saturated carbocycles. The minimum Gasteiger partial charge on any atom is -0.360 e. The summed E-state index contributed by atoms with van der Waals surface area (Å²) in [6, 6.07) is 10.0. The molecule has 1 fully saturated rings. The van der Waals surface area contributed by atoms with Gasteiger partial charge in [-0.15, -0.1) is 0 Å². The largest absolute Gasteiger partial charge is 0.360 e. The van der Waals surface area contributed by atoms with E-state index in [9.17, 15) is 4.79 Å². The van der Waals surface area contributed by atoms with Gasteiger partial charge in [-0.3, -0.25) is 4.79 Å². The highest BCUT2D eigenvalue weighted by molar-refractivity contribution is 6.30. The van der Waals surface area contributed by atoms with Crippen LogP contribution in [0.1, 0.15) is 21.7 Å². The van der Waals surface area contributed by atoms with Crippen LogP contribution in [0.5, 0.6) is 0 Å². The first-order valence-electron chi connectivity index (χ1n) is 8.46. The molecule has 0 unspecified atom stereocenters. The molecule has 0 radical (unpaired) electrons. The second-order valence-corrected chi connectivity index (χ2v) is 7.10. The summed E-state index contributed by atoms with van der Waals surface area (Å²) in [7, 11) is 2.01. The molecule has 24 heavy (non-hydrogen) atoms. The summed E-state index contributed by atoms with van der Waals surface area (Å²) < 4.78 is 2.08. The number of hydrogen-bond acceptors (Lipinski definition) is 2. The summed E-state index contributed by atoms with van der Waals surface area (Å²) in [6.45, 7) is 8.50. The molecule has 5 heteroatoms. The summed E-state index contributed by atoms with van der Waals surface area (Å²) >= 11 is 6.08. The molecule has 1 aliphatic rings. The van der Waals surface area contributed by atoms with E-state index in [1.54, 1.807) is 0 Å². The Kier molecular flexibility index (Phi) is 4.97. The molecule has 1 saturated heterocycles. The van der Waals surface area contributed by atoms with Gasteiger partial charge >= 0.3 is 0 Å². The first-order valence-corrected chi connectivity index (χ1v) is 8.83. The van der Waals surface area contributed by atoms with Crippen molar-refractivity contribution in [2.45, 2.75) is 13.8 Å². The van der Waals surface area contributed by atoms with Gasteiger partial charge in [0.1, 0.15) is 6.54 Å². The van der Waals surface area contributed by atoms with Crippen LogP contribution < -0.4 is 9.80 Å². The van der Waals surface area contributed by atoms with Crippen LogP contribution in [0, 0.1) is 13.8 Å². The lowest BCUT2D eigenvalue weighted by Gasteiger charge is -2.33. The highest BCUT2D eigenvalue weighted by Crippen LogP contribution is 2.19. The number of aryl methyl sites for hydroxylation is 1. The number of halogens is 1. The number of nitrogens with one attached hydrogen (secondary N) is 1. The van der Waals surface area contributed by atoms with Gasteiger partial charge in [-0.1, -0.05) is 17.7 Å². The Morgan fingerprint density at radius 3 is 2.50 bits per heavy atom. The molecule has 0 atom stereocenters.